The third kappa shape index (κ3) is 4.93. The largest absolute Gasteiger partial charge is 0.384 e. The number of methoxy groups -OCH3 is 1. The first kappa shape index (κ1) is 25.3. The fourth-order valence-corrected chi connectivity index (χ4v) is 6.69. The number of allylic oxidation sites excluding steroid dienone is 2. The number of ether oxygens (including phenoxy) is 1. The minimum absolute atomic E-state index is 0.0669. The molecular weight excluding hydrogens is 446 g/mol. The zero-order valence-corrected chi connectivity index (χ0v) is 22.8. The van der Waals surface area contributed by atoms with E-state index < -0.39 is 0 Å². The van der Waals surface area contributed by atoms with Crippen LogP contribution in [0.4, 0.5) is 0 Å². The molecule has 0 unspecified atom stereocenters. The minimum atomic E-state index is -0.0669. The lowest BCUT2D eigenvalue weighted by Crippen LogP contribution is -2.36. The Kier molecular flexibility index (Phi) is 7.43. The summed E-state index contributed by atoms with van der Waals surface area (Å²) in [4.78, 5) is 8.03. The normalized spacial score (nSPS) is 24.8. The lowest BCUT2D eigenvalue weighted by atomic mass is 9.71. The first-order valence-corrected chi connectivity index (χ1v) is 14.0. The molecule has 3 heterocycles. The van der Waals surface area contributed by atoms with Crippen molar-refractivity contribution in [1.82, 2.24) is 9.88 Å². The number of aryl methyl sites for hydroxylation is 1. The Hall–Kier alpha value is -2.34. The van der Waals surface area contributed by atoms with E-state index in [0.717, 1.165) is 70.2 Å². The summed E-state index contributed by atoms with van der Waals surface area (Å²) in [7, 11) is 4.08. The van der Waals surface area contributed by atoms with Crippen LogP contribution in [0.2, 0.25) is 0 Å². The predicted molar refractivity (Wildman–Crippen MR) is 147 cm³/mol. The van der Waals surface area contributed by atoms with Gasteiger partial charge in [0.15, 0.2) is 0 Å². The van der Waals surface area contributed by atoms with Gasteiger partial charge in [-0.3, -0.25) is 4.98 Å². The molecule has 4 aliphatic rings. The van der Waals surface area contributed by atoms with Gasteiger partial charge in [-0.15, -0.1) is 5.10 Å². The Morgan fingerprint density at radius 3 is 2.67 bits per heavy atom. The summed E-state index contributed by atoms with van der Waals surface area (Å²) in [5.74, 6) is 0. The molecule has 0 N–H and O–H groups in total. The van der Waals surface area contributed by atoms with Crippen LogP contribution < -0.4 is 0 Å². The van der Waals surface area contributed by atoms with Gasteiger partial charge in [-0.25, -0.2) is 0 Å². The number of rotatable bonds is 5. The number of hydrogen-bond donors (Lipinski definition) is 0. The zero-order chi connectivity index (χ0) is 25.2. The van der Waals surface area contributed by atoms with E-state index in [0.29, 0.717) is 6.61 Å². The van der Waals surface area contributed by atoms with Crippen LogP contribution in [-0.2, 0) is 23.0 Å². The van der Waals surface area contributed by atoms with Crippen LogP contribution >= 0.6 is 0 Å². The van der Waals surface area contributed by atoms with E-state index in [4.69, 9.17) is 14.8 Å². The lowest BCUT2D eigenvalue weighted by molar-refractivity contribution is 0.129. The summed E-state index contributed by atoms with van der Waals surface area (Å²) < 4.78 is 5.92. The number of fused-ring (bicyclic) bond motifs is 1. The van der Waals surface area contributed by atoms with Crippen molar-refractivity contribution in [2.24, 2.45) is 20.9 Å². The van der Waals surface area contributed by atoms with Gasteiger partial charge in [0.05, 0.1) is 24.6 Å². The monoisotopic (exact) mass is 489 g/mol. The molecule has 0 aromatic carbocycles. The summed E-state index contributed by atoms with van der Waals surface area (Å²) in [5, 5.41) is 13.4. The molecule has 194 valence electrons. The van der Waals surface area contributed by atoms with Crippen LogP contribution in [0.1, 0.15) is 99.7 Å². The Morgan fingerprint density at radius 2 is 1.86 bits per heavy atom. The van der Waals surface area contributed by atoms with Crippen LogP contribution in [-0.4, -0.2) is 49.4 Å². The van der Waals surface area contributed by atoms with Gasteiger partial charge in [-0.2, -0.15) is 5.11 Å². The Morgan fingerprint density at radius 1 is 1.03 bits per heavy atom. The summed E-state index contributed by atoms with van der Waals surface area (Å²) in [5.41, 5.74) is 9.06. The summed E-state index contributed by atoms with van der Waals surface area (Å²) in [6.45, 7) is 7.29. The molecule has 1 aromatic heterocycles. The van der Waals surface area contributed by atoms with Crippen LogP contribution in [0.25, 0.3) is 5.70 Å². The zero-order valence-electron chi connectivity index (χ0n) is 22.8. The van der Waals surface area contributed by atoms with E-state index in [1.54, 1.807) is 0 Å². The fraction of sp³-hybridized carbons (Fsp3) is 0.667. The van der Waals surface area contributed by atoms with E-state index in [2.05, 4.69) is 54.4 Å². The first-order valence-electron chi connectivity index (χ1n) is 14.0. The first-order chi connectivity index (χ1) is 17.4. The van der Waals surface area contributed by atoms with E-state index in [9.17, 15) is 0 Å². The van der Waals surface area contributed by atoms with Gasteiger partial charge in [0, 0.05) is 48.6 Å². The molecule has 0 saturated heterocycles. The molecule has 0 amide bonds. The highest BCUT2D eigenvalue weighted by Crippen LogP contribution is 2.47. The van der Waals surface area contributed by atoms with Crippen molar-refractivity contribution in [3.8, 4) is 0 Å². The SMILES string of the molecule is COCC1(c2nc3c(c(C4=CC=CCCN4C)c2/C2=N\N=NCCCC2)CC(C)(C)CC3)CCCC1. The number of hydrogen-bond acceptors (Lipinski definition) is 6. The Bertz CT molecular complexity index is 1090. The third-order valence-corrected chi connectivity index (χ3v) is 8.69. The van der Waals surface area contributed by atoms with Crippen molar-refractivity contribution >= 4 is 11.4 Å². The number of aromatic nitrogens is 1. The molecule has 0 spiro atoms. The molecule has 2 aliphatic carbocycles. The molecule has 36 heavy (non-hydrogen) atoms. The Labute approximate surface area is 217 Å². The van der Waals surface area contributed by atoms with Crippen LogP contribution in [0, 0.1) is 5.41 Å². The van der Waals surface area contributed by atoms with Crippen LogP contribution in [0.15, 0.2) is 33.7 Å². The molecule has 0 radical (unpaired) electrons. The standard InChI is InChI=1S/C30H43N5O/c1-29(2)17-14-23-22(20-29)26(25-13-6-5-11-19-35(25)3)27(24-12-7-10-18-31-34-33-24)28(32-23)30(21-36-4)15-8-9-16-30/h5-6,13H,7-12,14-21H2,1-4H3/b33-24-,34-31?. The summed E-state index contributed by atoms with van der Waals surface area (Å²) in [6, 6.07) is 0. The molecule has 6 nitrogen and oxygen atoms in total. The second-order valence-electron chi connectivity index (χ2n) is 12.0. The molecule has 6 heteroatoms. The van der Waals surface area contributed by atoms with E-state index in [1.807, 2.05) is 7.11 Å². The second kappa shape index (κ2) is 10.6. The quantitative estimate of drug-likeness (QED) is 0.466. The van der Waals surface area contributed by atoms with E-state index in [-0.39, 0.29) is 10.8 Å². The van der Waals surface area contributed by atoms with Crippen LogP contribution in [0.5, 0.6) is 0 Å². The maximum Gasteiger partial charge on any atom is 0.0746 e. The highest BCUT2D eigenvalue weighted by molar-refractivity contribution is 6.06. The van der Waals surface area contributed by atoms with Gasteiger partial charge in [-0.05, 0) is 80.1 Å². The van der Waals surface area contributed by atoms with Crippen molar-refractivity contribution in [1.29, 1.82) is 0 Å². The average molecular weight is 490 g/mol. The van der Waals surface area contributed by atoms with Gasteiger partial charge in [0.1, 0.15) is 0 Å². The number of pyridine rings is 1. The van der Waals surface area contributed by atoms with Crippen molar-refractivity contribution in [2.75, 3.05) is 33.9 Å². The van der Waals surface area contributed by atoms with E-state index in [1.165, 1.54) is 53.0 Å². The molecule has 1 saturated carbocycles. The molecule has 1 aromatic rings. The van der Waals surface area contributed by atoms with Crippen molar-refractivity contribution < 1.29 is 4.74 Å². The van der Waals surface area contributed by atoms with Gasteiger partial charge in [-0.1, -0.05) is 38.8 Å². The molecule has 5 rings (SSSR count). The molecule has 0 atom stereocenters. The van der Waals surface area contributed by atoms with Gasteiger partial charge >= 0.3 is 0 Å². The van der Waals surface area contributed by atoms with Crippen molar-refractivity contribution in [3.63, 3.8) is 0 Å². The predicted octanol–water partition coefficient (Wildman–Crippen LogP) is 6.63. The van der Waals surface area contributed by atoms with Crippen LogP contribution in [0.3, 0.4) is 0 Å². The lowest BCUT2D eigenvalue weighted by Gasteiger charge is -2.38. The molecule has 2 aliphatic heterocycles. The van der Waals surface area contributed by atoms with Crippen molar-refractivity contribution in [3.05, 3.63) is 46.3 Å². The molecular formula is C30H43N5O. The molecule has 0 bridgehead atoms. The van der Waals surface area contributed by atoms with Gasteiger partial charge < -0.3 is 9.64 Å². The fourth-order valence-electron chi connectivity index (χ4n) is 6.69. The molecule has 1 fully saturated rings. The third-order valence-electron chi connectivity index (χ3n) is 8.69. The Balaban J connectivity index is 1.85. The highest BCUT2D eigenvalue weighted by atomic mass is 16.5. The maximum atomic E-state index is 5.92. The van der Waals surface area contributed by atoms with E-state index >= 15 is 0 Å². The summed E-state index contributed by atoms with van der Waals surface area (Å²) in [6.07, 6.45) is 18.9. The topological polar surface area (TPSA) is 62.4 Å². The van der Waals surface area contributed by atoms with Gasteiger partial charge in [0.2, 0.25) is 0 Å². The average Bonchev–Trinajstić information content (AvgIpc) is 3.20. The second-order valence-corrected chi connectivity index (χ2v) is 12.0. The highest BCUT2D eigenvalue weighted by Gasteiger charge is 2.43. The summed E-state index contributed by atoms with van der Waals surface area (Å²) >= 11 is 0. The van der Waals surface area contributed by atoms with Crippen molar-refractivity contribution in [2.45, 2.75) is 89.9 Å². The van der Waals surface area contributed by atoms with Gasteiger partial charge in [0.25, 0.3) is 0 Å². The minimum Gasteiger partial charge on any atom is -0.384 e. The smallest absolute Gasteiger partial charge is 0.0746 e. The maximum absolute atomic E-state index is 5.92. The number of nitrogens with zero attached hydrogens (tertiary/aromatic N) is 5.